The maximum atomic E-state index is 12.6. The zero-order valence-electron chi connectivity index (χ0n) is 15.3. The molecular weight excluding hydrogens is 388 g/mol. The number of anilines is 1. The van der Waals surface area contributed by atoms with E-state index < -0.39 is 11.8 Å². The zero-order valence-corrected chi connectivity index (χ0v) is 16.9. The van der Waals surface area contributed by atoms with Gasteiger partial charge in [-0.25, -0.2) is 4.68 Å². The summed E-state index contributed by atoms with van der Waals surface area (Å²) in [5, 5.41) is 7.96. The fraction of sp³-hybridized carbons (Fsp3) is 0.278. The Balaban J connectivity index is 1.87. The lowest BCUT2D eigenvalue weighted by Gasteiger charge is -2.03. The molecule has 0 aromatic carbocycles. The molecule has 0 saturated heterocycles. The van der Waals surface area contributed by atoms with Crippen LogP contribution in [0.15, 0.2) is 22.6 Å². The summed E-state index contributed by atoms with van der Waals surface area (Å²) in [6.45, 7) is 7.60. The first-order valence-electron chi connectivity index (χ1n) is 8.25. The number of thiophene rings is 1. The number of rotatable bonds is 5. The first-order valence-corrected chi connectivity index (χ1v) is 9.45. The van der Waals surface area contributed by atoms with E-state index in [1.54, 1.807) is 19.1 Å². The van der Waals surface area contributed by atoms with Gasteiger partial charge >= 0.3 is 0 Å². The van der Waals surface area contributed by atoms with E-state index in [-0.39, 0.29) is 17.2 Å². The van der Waals surface area contributed by atoms with Crippen molar-refractivity contribution in [3.05, 3.63) is 50.8 Å². The van der Waals surface area contributed by atoms with Crippen LogP contribution in [0.1, 0.15) is 56.9 Å². The summed E-state index contributed by atoms with van der Waals surface area (Å²) in [5.41, 5.74) is 7.09. The van der Waals surface area contributed by atoms with E-state index in [1.165, 1.54) is 22.1 Å². The van der Waals surface area contributed by atoms with E-state index in [0.29, 0.717) is 27.3 Å². The standard InChI is InChI=1S/C18H19ClN4O3S/c1-8(2)13-7-11(16(20)24)18(27-13)21-17(25)12-5-6-14(26-12)23-10(4)15(19)9(3)22-23/h5-8H,1-4H3,(H2,20,24)(H,21,25). The lowest BCUT2D eigenvalue weighted by atomic mass is 10.1. The third-order valence-electron chi connectivity index (χ3n) is 4.04. The summed E-state index contributed by atoms with van der Waals surface area (Å²) in [5.74, 6) is -0.399. The number of aromatic nitrogens is 2. The number of nitrogens with zero attached hydrogens (tertiary/aromatic N) is 2. The largest absolute Gasteiger partial charge is 0.433 e. The third kappa shape index (κ3) is 3.63. The van der Waals surface area contributed by atoms with Crippen LogP contribution >= 0.6 is 22.9 Å². The van der Waals surface area contributed by atoms with Gasteiger partial charge in [-0.05, 0) is 31.9 Å². The molecule has 2 amide bonds. The summed E-state index contributed by atoms with van der Waals surface area (Å²) in [7, 11) is 0. The van der Waals surface area contributed by atoms with E-state index in [2.05, 4.69) is 10.4 Å². The number of nitrogens with one attached hydrogen (secondary N) is 1. The van der Waals surface area contributed by atoms with Crippen LogP contribution in [-0.2, 0) is 0 Å². The predicted octanol–water partition coefficient (Wildman–Crippen LogP) is 4.27. The molecule has 0 bridgehead atoms. The quantitative estimate of drug-likeness (QED) is 0.660. The molecule has 0 aliphatic carbocycles. The van der Waals surface area contributed by atoms with Crippen LogP contribution in [0.3, 0.4) is 0 Å². The minimum Gasteiger partial charge on any atom is -0.433 e. The van der Waals surface area contributed by atoms with Crippen molar-refractivity contribution in [3.8, 4) is 5.88 Å². The second kappa shape index (κ2) is 7.21. The van der Waals surface area contributed by atoms with Gasteiger partial charge in [-0.1, -0.05) is 25.4 Å². The Hall–Kier alpha value is -2.58. The average molecular weight is 407 g/mol. The van der Waals surface area contributed by atoms with Gasteiger partial charge in [0.1, 0.15) is 5.00 Å². The van der Waals surface area contributed by atoms with Gasteiger partial charge in [-0.2, -0.15) is 5.10 Å². The van der Waals surface area contributed by atoms with Crippen LogP contribution in [0.5, 0.6) is 0 Å². The Labute approximate surface area is 165 Å². The fourth-order valence-electron chi connectivity index (χ4n) is 2.54. The van der Waals surface area contributed by atoms with Gasteiger partial charge in [0.2, 0.25) is 5.88 Å². The molecule has 0 unspecified atom stereocenters. The molecular formula is C18H19ClN4O3S. The minimum absolute atomic E-state index is 0.0867. The van der Waals surface area contributed by atoms with Crippen LogP contribution in [0, 0.1) is 13.8 Å². The Morgan fingerprint density at radius 1 is 1.33 bits per heavy atom. The van der Waals surface area contributed by atoms with Gasteiger partial charge in [0.05, 0.1) is 22.0 Å². The molecule has 0 saturated carbocycles. The number of furan rings is 1. The molecule has 0 atom stereocenters. The number of carbonyl (C=O) groups is 2. The van der Waals surface area contributed by atoms with E-state index in [9.17, 15) is 9.59 Å². The van der Waals surface area contributed by atoms with Crippen molar-refractivity contribution in [1.82, 2.24) is 9.78 Å². The smallest absolute Gasteiger partial charge is 0.292 e. The molecule has 3 rings (SSSR count). The summed E-state index contributed by atoms with van der Waals surface area (Å²) in [4.78, 5) is 25.2. The van der Waals surface area contributed by atoms with Crippen molar-refractivity contribution >= 4 is 39.8 Å². The van der Waals surface area contributed by atoms with E-state index in [0.717, 1.165) is 4.88 Å². The first kappa shape index (κ1) is 19.2. The van der Waals surface area contributed by atoms with Crippen molar-refractivity contribution in [2.24, 2.45) is 5.73 Å². The second-order valence-electron chi connectivity index (χ2n) is 6.40. The number of primary amides is 1. The highest BCUT2D eigenvalue weighted by Gasteiger charge is 2.21. The molecule has 0 aliphatic rings. The molecule has 27 heavy (non-hydrogen) atoms. The molecule has 0 fully saturated rings. The highest BCUT2D eigenvalue weighted by atomic mass is 35.5. The number of aryl methyl sites for hydroxylation is 1. The topological polar surface area (TPSA) is 103 Å². The number of halogens is 1. The lowest BCUT2D eigenvalue weighted by Crippen LogP contribution is -2.16. The average Bonchev–Trinajstić information content (AvgIpc) is 3.29. The Morgan fingerprint density at radius 3 is 2.59 bits per heavy atom. The van der Waals surface area contributed by atoms with Gasteiger partial charge < -0.3 is 15.5 Å². The molecule has 9 heteroatoms. The van der Waals surface area contributed by atoms with Crippen molar-refractivity contribution in [3.63, 3.8) is 0 Å². The summed E-state index contributed by atoms with van der Waals surface area (Å²) in [6, 6.07) is 4.88. The zero-order chi connectivity index (χ0) is 19.9. The highest BCUT2D eigenvalue weighted by Crippen LogP contribution is 2.33. The molecule has 3 heterocycles. The molecule has 0 spiro atoms. The van der Waals surface area contributed by atoms with Gasteiger partial charge in [0, 0.05) is 10.9 Å². The number of amides is 2. The molecule has 3 aromatic rings. The molecule has 0 radical (unpaired) electrons. The molecule has 3 N–H and O–H groups in total. The highest BCUT2D eigenvalue weighted by molar-refractivity contribution is 7.16. The number of carbonyl (C=O) groups excluding carboxylic acids is 2. The van der Waals surface area contributed by atoms with Gasteiger partial charge in [0.25, 0.3) is 11.8 Å². The van der Waals surface area contributed by atoms with Gasteiger partial charge in [-0.3, -0.25) is 9.59 Å². The number of hydrogen-bond acceptors (Lipinski definition) is 5. The lowest BCUT2D eigenvalue weighted by molar-refractivity contribution is 0.0996. The van der Waals surface area contributed by atoms with E-state index in [4.69, 9.17) is 21.8 Å². The Morgan fingerprint density at radius 2 is 2.04 bits per heavy atom. The van der Waals surface area contributed by atoms with Gasteiger partial charge in [-0.15, -0.1) is 11.3 Å². The van der Waals surface area contributed by atoms with E-state index in [1.807, 2.05) is 20.8 Å². The van der Waals surface area contributed by atoms with Crippen LogP contribution in [0.2, 0.25) is 5.02 Å². The Kier molecular flexibility index (Phi) is 5.12. The summed E-state index contributed by atoms with van der Waals surface area (Å²) in [6.07, 6.45) is 0. The van der Waals surface area contributed by atoms with Crippen molar-refractivity contribution in [1.29, 1.82) is 0 Å². The maximum absolute atomic E-state index is 12.6. The second-order valence-corrected chi connectivity index (χ2v) is 7.86. The van der Waals surface area contributed by atoms with Crippen LogP contribution in [0.25, 0.3) is 5.88 Å². The van der Waals surface area contributed by atoms with E-state index >= 15 is 0 Å². The summed E-state index contributed by atoms with van der Waals surface area (Å²) >= 11 is 7.47. The molecule has 7 nitrogen and oxygen atoms in total. The SMILES string of the molecule is Cc1nn(-c2ccc(C(=O)Nc3sc(C(C)C)cc3C(N)=O)o2)c(C)c1Cl. The van der Waals surface area contributed by atoms with Crippen molar-refractivity contribution in [2.75, 3.05) is 5.32 Å². The predicted molar refractivity (Wildman–Crippen MR) is 105 cm³/mol. The maximum Gasteiger partial charge on any atom is 0.292 e. The monoisotopic (exact) mass is 406 g/mol. The number of nitrogens with two attached hydrogens (primary N) is 1. The third-order valence-corrected chi connectivity index (χ3v) is 5.94. The number of hydrogen-bond donors (Lipinski definition) is 2. The van der Waals surface area contributed by atoms with Crippen molar-refractivity contribution in [2.45, 2.75) is 33.6 Å². The van der Waals surface area contributed by atoms with Crippen LogP contribution in [-0.4, -0.2) is 21.6 Å². The van der Waals surface area contributed by atoms with Crippen LogP contribution < -0.4 is 11.1 Å². The van der Waals surface area contributed by atoms with Crippen LogP contribution in [0.4, 0.5) is 5.00 Å². The molecule has 142 valence electrons. The van der Waals surface area contributed by atoms with Gasteiger partial charge in [0.15, 0.2) is 5.76 Å². The Bertz CT molecular complexity index is 1030. The molecule has 0 aliphatic heterocycles. The molecule has 3 aromatic heterocycles. The minimum atomic E-state index is -0.592. The normalized spacial score (nSPS) is 11.2. The fourth-order valence-corrected chi connectivity index (χ4v) is 3.72. The van der Waals surface area contributed by atoms with Crippen molar-refractivity contribution < 1.29 is 14.0 Å². The first-order chi connectivity index (χ1) is 12.7. The summed E-state index contributed by atoms with van der Waals surface area (Å²) < 4.78 is 7.16.